The van der Waals surface area contributed by atoms with E-state index in [0.29, 0.717) is 42.6 Å². The Hall–Kier alpha value is -2.85. The molecule has 3 aromatic rings. The van der Waals surface area contributed by atoms with Gasteiger partial charge in [0.25, 0.3) is 5.91 Å². The number of aromatic nitrogens is 1. The summed E-state index contributed by atoms with van der Waals surface area (Å²) in [4.78, 5) is 25.6. The van der Waals surface area contributed by atoms with E-state index in [2.05, 4.69) is 24.4 Å². The molecule has 2 aromatic carbocycles. The zero-order valence-electron chi connectivity index (χ0n) is 18.4. The molecule has 6 rings (SSSR count). The quantitative estimate of drug-likeness (QED) is 0.268. The second-order valence-electron chi connectivity index (χ2n) is 8.10. The third-order valence-corrected chi connectivity index (χ3v) is 8.63. The molecule has 0 spiro atoms. The Kier molecular flexibility index (Phi) is 6.84. The number of ether oxygens (including phenoxy) is 1. The fourth-order valence-corrected chi connectivity index (χ4v) is 6.79. The summed E-state index contributed by atoms with van der Waals surface area (Å²) in [5, 5.41) is 0.642. The minimum atomic E-state index is -0.377. The molecule has 1 N–H and O–H groups in total. The number of nitrogens with zero attached hydrogens (tertiary/aromatic N) is 2. The van der Waals surface area contributed by atoms with E-state index < -0.39 is 0 Å². The molecule has 0 bridgehead atoms. The molecule has 3 aliphatic rings. The molecule has 1 amide bonds. The van der Waals surface area contributed by atoms with Crippen molar-refractivity contribution in [2.75, 3.05) is 25.2 Å². The number of carbonyl (C=O) groups excluding carboxylic acids is 1. The van der Waals surface area contributed by atoms with Crippen LogP contribution in [0.4, 0.5) is 8.78 Å². The summed E-state index contributed by atoms with van der Waals surface area (Å²) >= 11 is 3.83. The van der Waals surface area contributed by atoms with Crippen LogP contribution in [0.1, 0.15) is 27.2 Å². The Morgan fingerprint density at radius 2 is 1.86 bits per heavy atom. The smallest absolute Gasteiger partial charge is 0.278 e. The summed E-state index contributed by atoms with van der Waals surface area (Å²) in [7, 11) is 0. The predicted octanol–water partition coefficient (Wildman–Crippen LogP) is 1.83. The molecule has 1 atom stereocenters. The maximum Gasteiger partial charge on any atom is 0.278 e. The van der Waals surface area contributed by atoms with E-state index in [1.807, 2.05) is 18.2 Å². The van der Waals surface area contributed by atoms with E-state index in [1.165, 1.54) is 33.5 Å². The van der Waals surface area contributed by atoms with Crippen LogP contribution in [0.5, 0.6) is 5.75 Å². The average molecular weight is 564 g/mol. The first-order valence-electron chi connectivity index (χ1n) is 10.9. The maximum absolute atomic E-state index is 13.8. The Labute approximate surface area is 211 Å². The number of morpholine rings is 1. The molecular weight excluding hydrogens is 543 g/mol. The number of hydrogen-bond donors (Lipinski definition) is 2. The number of halogens is 2. The van der Waals surface area contributed by atoms with E-state index in [0.717, 1.165) is 5.56 Å². The number of fused-ring (bicyclic) bond motifs is 4. The van der Waals surface area contributed by atoms with Gasteiger partial charge in [0.1, 0.15) is 6.17 Å². The van der Waals surface area contributed by atoms with Gasteiger partial charge in [-0.15, -0.1) is 0 Å². The molecule has 7 nitrogen and oxygen atoms in total. The Balaban J connectivity index is 0.000000145. The van der Waals surface area contributed by atoms with E-state index in [4.69, 9.17) is 8.92 Å². The van der Waals surface area contributed by atoms with Gasteiger partial charge in [0, 0.05) is 31.7 Å². The van der Waals surface area contributed by atoms with Gasteiger partial charge in [-0.2, -0.15) is 0 Å². The van der Waals surface area contributed by atoms with Gasteiger partial charge in [0.15, 0.2) is 5.69 Å². The van der Waals surface area contributed by atoms with Gasteiger partial charge >= 0.3 is 105 Å². The summed E-state index contributed by atoms with van der Waals surface area (Å²) in [6.07, 6.45) is 1.78. The van der Waals surface area contributed by atoms with Crippen molar-refractivity contribution in [3.8, 4) is 5.75 Å². The second kappa shape index (κ2) is 10.0. The molecule has 1 saturated heterocycles. The normalized spacial score (nSPS) is 18.0. The first-order valence-corrected chi connectivity index (χ1v) is 13.3. The van der Waals surface area contributed by atoms with E-state index in [1.54, 1.807) is 4.90 Å². The summed E-state index contributed by atoms with van der Waals surface area (Å²) in [5.74, 6) is -0.878. The standard InChI is InChI=1S/C14H10F2Se.C10H11N3O4S/c15-12-5-6-13(16)11-8-17-14-4-2-1-3-9(14)7-10(11)12;14-6-1-2-13-8(9(6)17-18)10(15)12-3-4-16-5-7(12)11-13/h1-6H,7-8H2;1-2,7,11,18H,3-5H2. The van der Waals surface area contributed by atoms with Crippen LogP contribution >= 0.6 is 12.9 Å². The zero-order valence-corrected chi connectivity index (χ0v) is 21.0. The van der Waals surface area contributed by atoms with Crippen LogP contribution in [0, 0.1) is 11.6 Å². The molecule has 1 unspecified atom stereocenters. The fourth-order valence-electron chi connectivity index (χ4n) is 4.28. The van der Waals surface area contributed by atoms with Crippen molar-refractivity contribution in [2.24, 2.45) is 0 Å². The van der Waals surface area contributed by atoms with Gasteiger partial charge in [0.2, 0.25) is 11.2 Å². The molecule has 0 radical (unpaired) electrons. The minimum Gasteiger partial charge on any atom is -0.422 e. The molecule has 4 heterocycles. The van der Waals surface area contributed by atoms with Gasteiger partial charge in [0.05, 0.1) is 13.2 Å². The van der Waals surface area contributed by atoms with Crippen LogP contribution in [-0.4, -0.2) is 56.4 Å². The molecule has 0 aliphatic carbocycles. The van der Waals surface area contributed by atoms with Crippen LogP contribution in [0.15, 0.2) is 53.5 Å². The average Bonchev–Trinajstić information content (AvgIpc) is 3.08. The maximum atomic E-state index is 13.8. The SMILES string of the molecule is Fc1ccc(F)c2c1C[Se]c1ccccc1C2.O=C1c2c(OS)c(=O)ccn2NC2COCCN12. The van der Waals surface area contributed by atoms with Crippen LogP contribution in [0.2, 0.25) is 0 Å². The van der Waals surface area contributed by atoms with Gasteiger partial charge in [-0.25, -0.2) is 0 Å². The Bertz CT molecular complexity index is 1350. The number of carbonyl (C=O) groups is 1. The number of benzene rings is 2. The van der Waals surface area contributed by atoms with Gasteiger partial charge < -0.3 is 19.2 Å². The van der Waals surface area contributed by atoms with Crippen molar-refractivity contribution in [3.63, 3.8) is 0 Å². The summed E-state index contributed by atoms with van der Waals surface area (Å²) in [6.45, 7) is 1.37. The largest absolute Gasteiger partial charge is 0.422 e. The van der Waals surface area contributed by atoms with E-state index in [9.17, 15) is 18.4 Å². The molecule has 11 heteroatoms. The number of rotatable bonds is 1. The monoisotopic (exact) mass is 565 g/mol. The Morgan fingerprint density at radius 3 is 2.66 bits per heavy atom. The molecule has 0 saturated carbocycles. The molecular formula is C24H21F2N3O4SSe. The number of thiol groups is 1. The van der Waals surface area contributed by atoms with Crippen molar-refractivity contribution in [1.82, 2.24) is 9.58 Å². The summed E-state index contributed by atoms with van der Waals surface area (Å²) < 4.78 is 40.2. The third kappa shape index (κ3) is 4.56. The zero-order chi connectivity index (χ0) is 24.5. The topological polar surface area (TPSA) is 72.8 Å². The van der Waals surface area contributed by atoms with Crippen molar-refractivity contribution in [2.45, 2.75) is 17.9 Å². The molecule has 1 aromatic heterocycles. The van der Waals surface area contributed by atoms with Gasteiger partial charge in [-0.1, -0.05) is 0 Å². The molecule has 35 heavy (non-hydrogen) atoms. The molecule has 1 fully saturated rings. The van der Waals surface area contributed by atoms with Crippen LogP contribution in [0.25, 0.3) is 0 Å². The Morgan fingerprint density at radius 1 is 1.09 bits per heavy atom. The number of pyridine rings is 1. The fraction of sp³-hybridized carbons (Fsp3) is 0.250. The van der Waals surface area contributed by atoms with E-state index >= 15 is 0 Å². The van der Waals surface area contributed by atoms with E-state index in [-0.39, 0.29) is 55.5 Å². The predicted molar refractivity (Wildman–Crippen MR) is 130 cm³/mol. The number of nitrogens with one attached hydrogen (secondary N) is 1. The number of hydrogen-bond acceptors (Lipinski definition) is 6. The second-order valence-corrected chi connectivity index (χ2v) is 10.4. The third-order valence-electron chi connectivity index (χ3n) is 6.05. The van der Waals surface area contributed by atoms with Crippen molar-refractivity contribution < 1.29 is 22.5 Å². The van der Waals surface area contributed by atoms with Crippen LogP contribution in [-0.2, 0) is 16.5 Å². The minimum absolute atomic E-state index is 0.0664. The number of amides is 1. The van der Waals surface area contributed by atoms with Crippen molar-refractivity contribution in [1.29, 1.82) is 0 Å². The first kappa shape index (κ1) is 23.9. The summed E-state index contributed by atoms with van der Waals surface area (Å²) in [6, 6.07) is 11.8. The van der Waals surface area contributed by atoms with Crippen molar-refractivity contribution >= 4 is 38.2 Å². The molecule has 3 aliphatic heterocycles. The van der Waals surface area contributed by atoms with Crippen LogP contribution < -0.4 is 19.5 Å². The van der Waals surface area contributed by atoms with Gasteiger partial charge in [-0.3, -0.25) is 14.3 Å². The first-order chi connectivity index (χ1) is 17.0. The van der Waals surface area contributed by atoms with Gasteiger partial charge in [-0.05, 0) is 0 Å². The van der Waals surface area contributed by atoms with Crippen molar-refractivity contribution in [3.05, 3.63) is 92.9 Å². The molecule has 182 valence electrons. The van der Waals surface area contributed by atoms with Crippen LogP contribution in [0.3, 0.4) is 0 Å². The summed E-state index contributed by atoms with van der Waals surface area (Å²) in [5.41, 5.74) is 5.11.